The molecule has 0 radical (unpaired) electrons. The molecule has 1 aromatic heterocycles. The summed E-state index contributed by atoms with van der Waals surface area (Å²) in [6, 6.07) is 7.45. The van der Waals surface area contributed by atoms with E-state index in [9.17, 15) is 13.2 Å². The number of amides is 1. The largest absolute Gasteiger partial charge is 0.337 e. The van der Waals surface area contributed by atoms with Crippen molar-refractivity contribution in [3.8, 4) is 11.4 Å². The molecule has 1 aliphatic rings. The first-order valence-corrected chi connectivity index (χ1v) is 10.6. The van der Waals surface area contributed by atoms with Crippen molar-refractivity contribution in [3.63, 3.8) is 0 Å². The van der Waals surface area contributed by atoms with Crippen LogP contribution in [-0.4, -0.2) is 63.5 Å². The Morgan fingerprint density at radius 3 is 2.77 bits per heavy atom. The summed E-state index contributed by atoms with van der Waals surface area (Å²) in [5.74, 6) is 0.478. The number of carbonyl (C=O) groups is 1. The summed E-state index contributed by atoms with van der Waals surface area (Å²) in [6.45, 7) is 4.41. The van der Waals surface area contributed by atoms with Crippen LogP contribution in [0.3, 0.4) is 0 Å². The van der Waals surface area contributed by atoms with Crippen LogP contribution in [0.2, 0.25) is 0 Å². The van der Waals surface area contributed by atoms with Gasteiger partial charge in [0.25, 0.3) is 0 Å². The van der Waals surface area contributed by atoms with Crippen molar-refractivity contribution < 1.29 is 13.2 Å². The van der Waals surface area contributed by atoms with Crippen LogP contribution in [0.1, 0.15) is 25.3 Å². The Morgan fingerprint density at radius 2 is 2.12 bits per heavy atom. The molecule has 2 heterocycles. The zero-order valence-electron chi connectivity index (χ0n) is 15.0. The van der Waals surface area contributed by atoms with Gasteiger partial charge in [0.2, 0.25) is 11.7 Å². The van der Waals surface area contributed by atoms with Crippen molar-refractivity contribution >= 4 is 15.7 Å². The molecule has 26 heavy (non-hydrogen) atoms. The molecule has 0 bridgehead atoms. The number of aromatic nitrogens is 4. The van der Waals surface area contributed by atoms with Gasteiger partial charge in [0, 0.05) is 18.2 Å². The monoisotopic (exact) mass is 377 g/mol. The molecule has 1 aliphatic heterocycles. The highest BCUT2D eigenvalue weighted by atomic mass is 32.2. The molecule has 1 amide bonds. The number of nitrogens with zero attached hydrogens (tertiary/aromatic N) is 5. The average Bonchev–Trinajstić information content (AvgIpc) is 3.19. The van der Waals surface area contributed by atoms with Gasteiger partial charge in [-0.2, -0.15) is 4.80 Å². The molecular formula is C17H23N5O3S. The summed E-state index contributed by atoms with van der Waals surface area (Å²) in [6.07, 6.45) is 1.26. The van der Waals surface area contributed by atoms with Crippen molar-refractivity contribution in [3.05, 3.63) is 29.8 Å². The van der Waals surface area contributed by atoms with Crippen molar-refractivity contribution in [1.29, 1.82) is 0 Å². The third-order valence-corrected chi connectivity index (χ3v) is 6.30. The first kappa shape index (κ1) is 18.5. The second-order valence-corrected chi connectivity index (χ2v) is 8.83. The van der Waals surface area contributed by atoms with Crippen LogP contribution >= 0.6 is 0 Å². The van der Waals surface area contributed by atoms with E-state index in [1.54, 1.807) is 4.90 Å². The summed E-state index contributed by atoms with van der Waals surface area (Å²) >= 11 is 0. The second kappa shape index (κ2) is 7.53. The predicted octanol–water partition coefficient (Wildman–Crippen LogP) is 1.07. The van der Waals surface area contributed by atoms with E-state index in [2.05, 4.69) is 15.4 Å². The Hall–Kier alpha value is -2.29. The highest BCUT2D eigenvalue weighted by Crippen LogP contribution is 2.20. The quantitative estimate of drug-likeness (QED) is 0.747. The predicted molar refractivity (Wildman–Crippen MR) is 97.1 cm³/mol. The van der Waals surface area contributed by atoms with Gasteiger partial charge < -0.3 is 4.90 Å². The minimum atomic E-state index is -3.05. The molecule has 9 heteroatoms. The molecule has 0 aliphatic carbocycles. The summed E-state index contributed by atoms with van der Waals surface area (Å²) in [7, 11) is -3.05. The number of rotatable bonds is 6. The minimum absolute atomic E-state index is 0.0397. The van der Waals surface area contributed by atoms with Gasteiger partial charge in [0.05, 0.1) is 11.5 Å². The molecule has 1 unspecified atom stereocenters. The molecule has 1 aromatic carbocycles. The maximum atomic E-state index is 12.7. The number of hydrogen-bond acceptors (Lipinski definition) is 6. The van der Waals surface area contributed by atoms with Crippen molar-refractivity contribution in [1.82, 2.24) is 25.1 Å². The Bertz CT molecular complexity index is 893. The Kier molecular flexibility index (Phi) is 5.36. The van der Waals surface area contributed by atoms with Crippen LogP contribution in [0.4, 0.5) is 0 Å². The number of sulfone groups is 1. The van der Waals surface area contributed by atoms with Crippen LogP contribution in [0.5, 0.6) is 0 Å². The van der Waals surface area contributed by atoms with Crippen molar-refractivity contribution in [2.75, 3.05) is 18.1 Å². The van der Waals surface area contributed by atoms with Gasteiger partial charge in [-0.25, -0.2) is 8.42 Å². The smallest absolute Gasteiger partial charge is 0.246 e. The zero-order valence-corrected chi connectivity index (χ0v) is 15.8. The molecule has 0 N–H and O–H groups in total. The maximum absolute atomic E-state index is 12.7. The first-order valence-electron chi connectivity index (χ1n) is 8.73. The zero-order chi connectivity index (χ0) is 18.7. The number of tetrazole rings is 1. The molecular weight excluding hydrogens is 354 g/mol. The highest BCUT2D eigenvalue weighted by Gasteiger charge is 2.34. The normalized spacial score (nSPS) is 18.8. The standard InChI is InChI=1S/C17H23N5O3S/c1-3-9-21(14-8-10-26(24,25)12-14)16(23)11-22-19-17(18-20-22)15-7-5-4-6-13(15)2/h4-7,14H,3,8-12H2,1-2H3. The number of benzene rings is 1. The summed E-state index contributed by atoms with van der Waals surface area (Å²) in [4.78, 5) is 15.6. The van der Waals surface area contributed by atoms with Gasteiger partial charge in [-0.1, -0.05) is 31.2 Å². The van der Waals surface area contributed by atoms with Crippen LogP contribution in [-0.2, 0) is 21.2 Å². The average molecular weight is 377 g/mol. The fraction of sp³-hybridized carbons (Fsp3) is 0.529. The van der Waals surface area contributed by atoms with Crippen LogP contribution < -0.4 is 0 Å². The van der Waals surface area contributed by atoms with E-state index in [-0.39, 0.29) is 30.0 Å². The van der Waals surface area contributed by atoms with E-state index in [4.69, 9.17) is 0 Å². The lowest BCUT2D eigenvalue weighted by Crippen LogP contribution is -2.43. The molecule has 2 aromatic rings. The highest BCUT2D eigenvalue weighted by molar-refractivity contribution is 7.91. The maximum Gasteiger partial charge on any atom is 0.246 e. The fourth-order valence-electron chi connectivity index (χ4n) is 3.23. The van der Waals surface area contributed by atoms with Crippen LogP contribution in [0.25, 0.3) is 11.4 Å². The lowest BCUT2D eigenvalue weighted by molar-refractivity contribution is -0.134. The molecule has 1 atom stereocenters. The van der Waals surface area contributed by atoms with Gasteiger partial charge in [0.1, 0.15) is 6.54 Å². The lowest BCUT2D eigenvalue weighted by Gasteiger charge is -2.27. The molecule has 0 spiro atoms. The third kappa shape index (κ3) is 4.09. The molecule has 140 valence electrons. The fourth-order valence-corrected chi connectivity index (χ4v) is 4.96. The van der Waals surface area contributed by atoms with Crippen molar-refractivity contribution in [2.45, 2.75) is 39.3 Å². The summed E-state index contributed by atoms with van der Waals surface area (Å²) < 4.78 is 23.5. The molecule has 8 nitrogen and oxygen atoms in total. The Morgan fingerprint density at radius 1 is 1.35 bits per heavy atom. The van der Waals surface area contributed by atoms with E-state index in [0.717, 1.165) is 17.5 Å². The van der Waals surface area contributed by atoms with Gasteiger partial charge in [0.15, 0.2) is 9.84 Å². The lowest BCUT2D eigenvalue weighted by atomic mass is 10.1. The minimum Gasteiger partial charge on any atom is -0.337 e. The Labute approximate surface area is 153 Å². The summed E-state index contributed by atoms with van der Waals surface area (Å²) in [5, 5.41) is 12.3. The Balaban J connectivity index is 1.73. The number of carbonyl (C=O) groups excluding carboxylic acids is 1. The summed E-state index contributed by atoms with van der Waals surface area (Å²) in [5.41, 5.74) is 1.90. The van der Waals surface area contributed by atoms with E-state index in [0.29, 0.717) is 18.8 Å². The second-order valence-electron chi connectivity index (χ2n) is 6.60. The van der Waals surface area contributed by atoms with Crippen molar-refractivity contribution in [2.24, 2.45) is 0 Å². The van der Waals surface area contributed by atoms with Gasteiger partial charge in [-0.3, -0.25) is 4.79 Å². The molecule has 3 rings (SSSR count). The van der Waals surface area contributed by atoms with E-state index >= 15 is 0 Å². The molecule has 1 saturated heterocycles. The van der Waals surface area contributed by atoms with Crippen LogP contribution in [0.15, 0.2) is 24.3 Å². The topological polar surface area (TPSA) is 98.1 Å². The number of hydrogen-bond donors (Lipinski definition) is 0. The van der Waals surface area contributed by atoms with E-state index in [1.165, 1.54) is 4.80 Å². The van der Waals surface area contributed by atoms with E-state index < -0.39 is 9.84 Å². The first-order chi connectivity index (χ1) is 12.4. The molecule has 0 saturated carbocycles. The van der Waals surface area contributed by atoms with Gasteiger partial charge in [-0.15, -0.1) is 10.2 Å². The van der Waals surface area contributed by atoms with E-state index in [1.807, 2.05) is 38.1 Å². The molecule has 1 fully saturated rings. The van der Waals surface area contributed by atoms with Crippen LogP contribution in [0, 0.1) is 6.92 Å². The SMILES string of the molecule is CCCN(C(=O)Cn1nnc(-c2ccccc2C)n1)C1CCS(=O)(=O)C1. The number of aryl methyl sites for hydroxylation is 1. The van der Waals surface area contributed by atoms with Gasteiger partial charge >= 0.3 is 0 Å². The van der Waals surface area contributed by atoms with Gasteiger partial charge in [-0.05, 0) is 30.5 Å². The third-order valence-electron chi connectivity index (χ3n) is 4.55.